The third-order valence-electron chi connectivity index (χ3n) is 4.01. The lowest BCUT2D eigenvalue weighted by molar-refractivity contribution is 0.247. The fraction of sp³-hybridized carbons (Fsp3) is 0.294. The Morgan fingerprint density at radius 3 is 2.74 bits per heavy atom. The molecule has 6 heteroatoms. The molecule has 5 nitrogen and oxygen atoms in total. The number of nitrogens with zero attached hydrogens (tertiary/aromatic N) is 4. The fourth-order valence-corrected chi connectivity index (χ4v) is 3.58. The number of anilines is 1. The van der Waals surface area contributed by atoms with Crippen LogP contribution in [0.1, 0.15) is 5.69 Å². The maximum Gasteiger partial charge on any atom is 0.162 e. The number of aromatic nitrogens is 2. The predicted molar refractivity (Wildman–Crippen MR) is 91.5 cm³/mol. The van der Waals surface area contributed by atoms with Crippen molar-refractivity contribution in [2.24, 2.45) is 0 Å². The predicted octanol–water partition coefficient (Wildman–Crippen LogP) is 3.12. The molecule has 0 aliphatic carbocycles. The minimum atomic E-state index is 0.848. The van der Waals surface area contributed by atoms with E-state index < -0.39 is 0 Å². The van der Waals surface area contributed by atoms with Gasteiger partial charge in [0.05, 0.1) is 12.0 Å². The summed E-state index contributed by atoms with van der Waals surface area (Å²) < 4.78 is 5.41. The van der Waals surface area contributed by atoms with E-state index in [1.165, 1.54) is 0 Å². The molecule has 0 amide bonds. The lowest BCUT2D eigenvalue weighted by Crippen LogP contribution is -2.46. The van der Waals surface area contributed by atoms with Crippen molar-refractivity contribution < 1.29 is 4.42 Å². The molecule has 0 unspecified atom stereocenters. The zero-order chi connectivity index (χ0) is 15.5. The van der Waals surface area contributed by atoms with E-state index >= 15 is 0 Å². The second kappa shape index (κ2) is 6.52. The summed E-state index contributed by atoms with van der Waals surface area (Å²) in [6.45, 7) is 4.97. The average molecular weight is 326 g/mol. The van der Waals surface area contributed by atoms with Crippen LogP contribution in [0.4, 0.5) is 5.82 Å². The highest BCUT2D eigenvalue weighted by atomic mass is 32.1. The molecule has 1 aliphatic rings. The molecule has 0 atom stereocenters. The smallest absolute Gasteiger partial charge is 0.162 e. The minimum absolute atomic E-state index is 0.848. The molecule has 3 aromatic heterocycles. The van der Waals surface area contributed by atoms with Crippen molar-refractivity contribution in [2.75, 3.05) is 31.1 Å². The van der Waals surface area contributed by atoms with Gasteiger partial charge in [0.25, 0.3) is 0 Å². The van der Waals surface area contributed by atoms with Crippen molar-refractivity contribution in [1.29, 1.82) is 0 Å². The third kappa shape index (κ3) is 3.28. The number of rotatable bonds is 4. The van der Waals surface area contributed by atoms with Crippen molar-refractivity contribution >= 4 is 17.2 Å². The van der Waals surface area contributed by atoms with Gasteiger partial charge in [-0.2, -0.15) is 0 Å². The Kier molecular flexibility index (Phi) is 4.08. The first-order valence-corrected chi connectivity index (χ1v) is 8.63. The Labute approximate surface area is 139 Å². The second-order valence-corrected chi connectivity index (χ2v) is 6.43. The molecule has 0 aromatic carbocycles. The van der Waals surface area contributed by atoms with Crippen LogP contribution >= 0.6 is 11.3 Å². The van der Waals surface area contributed by atoms with Crippen LogP contribution in [0.2, 0.25) is 0 Å². The molecule has 23 heavy (non-hydrogen) atoms. The Morgan fingerprint density at radius 2 is 2.00 bits per heavy atom. The Balaban J connectivity index is 1.35. The van der Waals surface area contributed by atoms with Crippen molar-refractivity contribution in [3.8, 4) is 10.8 Å². The molecule has 0 saturated carbocycles. The summed E-state index contributed by atoms with van der Waals surface area (Å²) in [6, 6.07) is 9.92. The quantitative estimate of drug-likeness (QED) is 0.737. The number of hydrogen-bond donors (Lipinski definition) is 0. The van der Waals surface area contributed by atoms with E-state index in [0.29, 0.717) is 0 Å². The first-order valence-electron chi connectivity index (χ1n) is 7.75. The van der Waals surface area contributed by atoms with Crippen LogP contribution in [0.25, 0.3) is 10.8 Å². The highest BCUT2D eigenvalue weighted by Gasteiger charge is 2.19. The molecule has 0 spiro atoms. The van der Waals surface area contributed by atoms with Gasteiger partial charge in [-0.05, 0) is 24.3 Å². The topological polar surface area (TPSA) is 45.4 Å². The van der Waals surface area contributed by atoms with E-state index in [1.807, 2.05) is 30.5 Å². The molecule has 0 N–H and O–H groups in total. The molecular formula is C17H18N4OS. The molecule has 0 radical (unpaired) electrons. The molecule has 4 rings (SSSR count). The van der Waals surface area contributed by atoms with Crippen LogP contribution in [0.3, 0.4) is 0 Å². The zero-order valence-corrected chi connectivity index (χ0v) is 13.6. The first-order chi connectivity index (χ1) is 11.4. The highest BCUT2D eigenvalue weighted by Crippen LogP contribution is 2.24. The Morgan fingerprint density at radius 1 is 1.09 bits per heavy atom. The van der Waals surface area contributed by atoms with Gasteiger partial charge in [0.2, 0.25) is 0 Å². The van der Waals surface area contributed by atoms with Crippen molar-refractivity contribution in [3.05, 3.63) is 53.9 Å². The summed E-state index contributed by atoms with van der Waals surface area (Å²) in [6.07, 6.45) is 3.54. The van der Waals surface area contributed by atoms with E-state index in [2.05, 4.69) is 31.2 Å². The van der Waals surface area contributed by atoms with E-state index in [4.69, 9.17) is 4.42 Å². The van der Waals surface area contributed by atoms with Gasteiger partial charge in [0, 0.05) is 44.3 Å². The van der Waals surface area contributed by atoms with E-state index in [0.717, 1.165) is 55.0 Å². The monoisotopic (exact) mass is 326 g/mol. The third-order valence-corrected chi connectivity index (χ3v) is 4.92. The number of thiazole rings is 1. The van der Waals surface area contributed by atoms with Gasteiger partial charge in [-0.1, -0.05) is 6.07 Å². The Hall–Kier alpha value is -2.18. The van der Waals surface area contributed by atoms with E-state index in [1.54, 1.807) is 17.6 Å². The number of hydrogen-bond acceptors (Lipinski definition) is 6. The lowest BCUT2D eigenvalue weighted by Gasteiger charge is -2.35. The van der Waals surface area contributed by atoms with Crippen LogP contribution < -0.4 is 4.90 Å². The summed E-state index contributed by atoms with van der Waals surface area (Å²) in [5.41, 5.74) is 1.12. The largest absolute Gasteiger partial charge is 0.462 e. The molecular weight excluding hydrogens is 308 g/mol. The maximum atomic E-state index is 5.41. The first kappa shape index (κ1) is 14.4. The summed E-state index contributed by atoms with van der Waals surface area (Å²) >= 11 is 1.64. The van der Waals surface area contributed by atoms with Crippen molar-refractivity contribution in [1.82, 2.24) is 14.9 Å². The van der Waals surface area contributed by atoms with Gasteiger partial charge < -0.3 is 9.32 Å². The lowest BCUT2D eigenvalue weighted by atomic mass is 10.3. The van der Waals surface area contributed by atoms with E-state index in [-0.39, 0.29) is 0 Å². The molecule has 1 aliphatic heterocycles. The number of pyridine rings is 1. The summed E-state index contributed by atoms with van der Waals surface area (Å²) in [7, 11) is 0. The van der Waals surface area contributed by atoms with Gasteiger partial charge >= 0.3 is 0 Å². The van der Waals surface area contributed by atoms with E-state index in [9.17, 15) is 0 Å². The Bertz CT molecular complexity index is 733. The summed E-state index contributed by atoms with van der Waals surface area (Å²) in [5, 5.41) is 3.08. The van der Waals surface area contributed by atoms with Crippen LogP contribution in [-0.4, -0.2) is 41.0 Å². The van der Waals surface area contributed by atoms with Crippen molar-refractivity contribution in [3.63, 3.8) is 0 Å². The fourth-order valence-electron chi connectivity index (χ4n) is 2.80. The van der Waals surface area contributed by atoms with Gasteiger partial charge in [-0.3, -0.25) is 4.90 Å². The SMILES string of the molecule is c1ccc(N2CCN(Cc3csc(-c4ccco4)n3)CC2)nc1. The van der Waals surface area contributed by atoms with Gasteiger partial charge in [-0.25, -0.2) is 9.97 Å². The van der Waals surface area contributed by atoms with Gasteiger partial charge in [0.1, 0.15) is 5.82 Å². The number of furan rings is 1. The minimum Gasteiger partial charge on any atom is -0.462 e. The normalized spacial score (nSPS) is 15.9. The molecule has 4 heterocycles. The molecule has 1 fully saturated rings. The van der Waals surface area contributed by atoms with Gasteiger partial charge in [-0.15, -0.1) is 11.3 Å². The van der Waals surface area contributed by atoms with Crippen LogP contribution in [0.5, 0.6) is 0 Å². The van der Waals surface area contributed by atoms with Crippen LogP contribution in [0, 0.1) is 0 Å². The standard InChI is InChI=1S/C17H18N4OS/c1-2-6-18-16(5-1)21-9-7-20(8-10-21)12-14-13-23-17(19-14)15-4-3-11-22-15/h1-6,11,13H,7-10,12H2. The van der Waals surface area contributed by atoms with Crippen LogP contribution in [-0.2, 0) is 6.54 Å². The molecule has 118 valence electrons. The highest BCUT2D eigenvalue weighted by molar-refractivity contribution is 7.13. The average Bonchev–Trinajstić information content (AvgIpc) is 3.28. The number of piperazine rings is 1. The maximum absolute atomic E-state index is 5.41. The second-order valence-electron chi connectivity index (χ2n) is 5.57. The van der Waals surface area contributed by atoms with Crippen LogP contribution in [0.15, 0.2) is 52.6 Å². The van der Waals surface area contributed by atoms with Crippen molar-refractivity contribution in [2.45, 2.75) is 6.54 Å². The molecule has 1 saturated heterocycles. The molecule has 0 bridgehead atoms. The summed E-state index contributed by atoms with van der Waals surface area (Å²) in [5.74, 6) is 1.92. The van der Waals surface area contributed by atoms with Gasteiger partial charge in [0.15, 0.2) is 10.8 Å². The molecule has 3 aromatic rings. The zero-order valence-electron chi connectivity index (χ0n) is 12.8. The summed E-state index contributed by atoms with van der Waals surface area (Å²) in [4.78, 5) is 13.9.